The summed E-state index contributed by atoms with van der Waals surface area (Å²) in [4.78, 5) is 0.126. The predicted octanol–water partition coefficient (Wildman–Crippen LogP) is 2.76. The van der Waals surface area contributed by atoms with Crippen LogP contribution in [0.5, 0.6) is 0 Å². The summed E-state index contributed by atoms with van der Waals surface area (Å²) >= 11 is 0. The Hall–Kier alpha value is -0.980. The normalized spacial score (nSPS) is 16.5. The number of sulfonamides is 1. The van der Waals surface area contributed by atoms with Gasteiger partial charge in [0.2, 0.25) is 10.0 Å². The number of ether oxygens (including phenoxy) is 1. The summed E-state index contributed by atoms with van der Waals surface area (Å²) in [5, 5.41) is 0. The minimum atomic E-state index is -3.58. The number of aryl methyl sites for hydroxylation is 1. The maximum atomic E-state index is 13.0. The first-order chi connectivity index (χ1) is 9.99. The van der Waals surface area contributed by atoms with Crippen LogP contribution in [0.3, 0.4) is 0 Å². The third-order valence-corrected chi connectivity index (χ3v) is 5.32. The van der Waals surface area contributed by atoms with Crippen LogP contribution in [0, 0.1) is 12.7 Å². The van der Waals surface area contributed by atoms with Gasteiger partial charge in [0.15, 0.2) is 0 Å². The summed E-state index contributed by atoms with van der Waals surface area (Å²) in [6.45, 7) is 2.47. The van der Waals surface area contributed by atoms with Crippen LogP contribution in [-0.2, 0) is 14.8 Å². The number of rotatable bonds is 7. The molecule has 1 saturated carbocycles. The molecule has 1 aliphatic rings. The van der Waals surface area contributed by atoms with Crippen LogP contribution < -0.4 is 4.72 Å². The Labute approximate surface area is 125 Å². The van der Waals surface area contributed by atoms with E-state index in [2.05, 4.69) is 4.72 Å². The fraction of sp³-hybridized carbons (Fsp3) is 0.600. The first-order valence-corrected chi connectivity index (χ1v) is 8.85. The minimum Gasteiger partial charge on any atom is -0.378 e. The number of nitrogens with one attached hydrogen (secondary N) is 1. The monoisotopic (exact) mass is 315 g/mol. The molecule has 0 aliphatic heterocycles. The lowest BCUT2D eigenvalue weighted by Gasteiger charge is -2.12. The molecule has 0 aromatic heterocycles. The molecule has 0 unspecified atom stereocenters. The Morgan fingerprint density at radius 3 is 2.71 bits per heavy atom. The Bertz CT molecular complexity index is 568. The van der Waals surface area contributed by atoms with Crippen molar-refractivity contribution in [1.82, 2.24) is 4.72 Å². The van der Waals surface area contributed by atoms with Crippen LogP contribution >= 0.6 is 0 Å². The molecule has 1 N–H and O–H groups in total. The van der Waals surface area contributed by atoms with E-state index in [4.69, 9.17) is 4.74 Å². The highest BCUT2D eigenvalue weighted by molar-refractivity contribution is 7.89. The number of halogens is 1. The average molecular weight is 315 g/mol. The van der Waals surface area contributed by atoms with E-state index in [0.29, 0.717) is 31.2 Å². The van der Waals surface area contributed by atoms with Gasteiger partial charge in [-0.05, 0) is 49.9 Å². The van der Waals surface area contributed by atoms with Gasteiger partial charge in [-0.3, -0.25) is 0 Å². The van der Waals surface area contributed by atoms with Gasteiger partial charge < -0.3 is 4.74 Å². The molecule has 0 spiro atoms. The first kappa shape index (κ1) is 16.4. The SMILES string of the molecule is Cc1cc(F)ccc1S(=O)(=O)NCCCOC1CCCC1. The second-order valence-corrected chi connectivity index (χ2v) is 7.17. The maximum absolute atomic E-state index is 13.0. The van der Waals surface area contributed by atoms with Crippen molar-refractivity contribution >= 4 is 10.0 Å². The van der Waals surface area contributed by atoms with Crippen LogP contribution in [0.15, 0.2) is 23.1 Å². The van der Waals surface area contributed by atoms with Gasteiger partial charge in [0.05, 0.1) is 11.0 Å². The Morgan fingerprint density at radius 1 is 1.33 bits per heavy atom. The van der Waals surface area contributed by atoms with E-state index in [1.807, 2.05) is 0 Å². The van der Waals surface area contributed by atoms with Crippen molar-refractivity contribution in [2.75, 3.05) is 13.2 Å². The van der Waals surface area contributed by atoms with Crippen molar-refractivity contribution in [2.45, 2.75) is 50.0 Å². The summed E-state index contributed by atoms with van der Waals surface area (Å²) in [7, 11) is -3.58. The predicted molar refractivity (Wildman–Crippen MR) is 79.2 cm³/mol. The molecular weight excluding hydrogens is 293 g/mol. The molecular formula is C15H22FNO3S. The van der Waals surface area contributed by atoms with E-state index < -0.39 is 15.8 Å². The van der Waals surface area contributed by atoms with E-state index in [-0.39, 0.29) is 4.90 Å². The standard InChI is InChI=1S/C15H22FNO3S/c1-12-11-13(16)7-8-15(12)21(18,19)17-9-4-10-20-14-5-2-3-6-14/h7-8,11,14,17H,2-6,9-10H2,1H3. The van der Waals surface area contributed by atoms with Gasteiger partial charge in [-0.2, -0.15) is 0 Å². The highest BCUT2D eigenvalue weighted by Crippen LogP contribution is 2.21. The summed E-state index contributed by atoms with van der Waals surface area (Å²) in [5.41, 5.74) is 0.407. The van der Waals surface area contributed by atoms with E-state index in [9.17, 15) is 12.8 Å². The molecule has 0 atom stereocenters. The lowest BCUT2D eigenvalue weighted by Crippen LogP contribution is -2.26. The van der Waals surface area contributed by atoms with Gasteiger partial charge >= 0.3 is 0 Å². The fourth-order valence-corrected chi connectivity index (χ4v) is 3.87. The van der Waals surface area contributed by atoms with Crippen molar-refractivity contribution in [3.05, 3.63) is 29.6 Å². The molecule has 1 fully saturated rings. The topological polar surface area (TPSA) is 55.4 Å². The molecule has 1 aliphatic carbocycles. The van der Waals surface area contributed by atoms with Crippen LogP contribution in [0.4, 0.5) is 4.39 Å². The zero-order chi connectivity index (χ0) is 15.3. The van der Waals surface area contributed by atoms with Crippen LogP contribution in [0.25, 0.3) is 0 Å². The molecule has 6 heteroatoms. The summed E-state index contributed by atoms with van der Waals surface area (Å²) in [6.07, 6.45) is 5.65. The van der Waals surface area contributed by atoms with Crippen molar-refractivity contribution < 1.29 is 17.5 Å². The number of hydrogen-bond acceptors (Lipinski definition) is 3. The molecule has 0 heterocycles. The van der Waals surface area contributed by atoms with E-state index in [0.717, 1.165) is 18.9 Å². The largest absolute Gasteiger partial charge is 0.378 e. The molecule has 2 rings (SSSR count). The molecule has 1 aromatic rings. The molecule has 0 saturated heterocycles. The Kier molecular flexibility index (Phi) is 5.72. The van der Waals surface area contributed by atoms with Crippen molar-refractivity contribution in [2.24, 2.45) is 0 Å². The fourth-order valence-electron chi connectivity index (χ4n) is 2.58. The lowest BCUT2D eigenvalue weighted by molar-refractivity contribution is 0.0575. The third kappa shape index (κ3) is 4.76. The Morgan fingerprint density at radius 2 is 2.05 bits per heavy atom. The molecule has 0 bridgehead atoms. The van der Waals surface area contributed by atoms with Crippen LogP contribution in [0.1, 0.15) is 37.7 Å². The van der Waals surface area contributed by atoms with Gasteiger partial charge in [0, 0.05) is 13.2 Å². The summed E-state index contributed by atoms with van der Waals surface area (Å²) in [6, 6.07) is 3.67. The number of benzene rings is 1. The molecule has 0 radical (unpaired) electrons. The molecule has 0 amide bonds. The van der Waals surface area contributed by atoms with Crippen molar-refractivity contribution in [3.8, 4) is 0 Å². The number of hydrogen-bond donors (Lipinski definition) is 1. The van der Waals surface area contributed by atoms with Gasteiger partial charge in [-0.1, -0.05) is 12.8 Å². The molecule has 118 valence electrons. The smallest absolute Gasteiger partial charge is 0.240 e. The third-order valence-electron chi connectivity index (χ3n) is 3.70. The van der Waals surface area contributed by atoms with Gasteiger partial charge in [0.1, 0.15) is 5.82 Å². The first-order valence-electron chi connectivity index (χ1n) is 7.36. The second kappa shape index (κ2) is 7.33. The zero-order valence-corrected chi connectivity index (χ0v) is 13.1. The molecule has 21 heavy (non-hydrogen) atoms. The van der Waals surface area contributed by atoms with Gasteiger partial charge in [-0.25, -0.2) is 17.5 Å². The summed E-state index contributed by atoms with van der Waals surface area (Å²) in [5.74, 6) is -0.434. The maximum Gasteiger partial charge on any atom is 0.240 e. The zero-order valence-electron chi connectivity index (χ0n) is 12.3. The van der Waals surface area contributed by atoms with Crippen molar-refractivity contribution in [3.63, 3.8) is 0 Å². The van der Waals surface area contributed by atoms with Gasteiger partial charge in [-0.15, -0.1) is 0 Å². The Balaban J connectivity index is 1.78. The van der Waals surface area contributed by atoms with Crippen LogP contribution in [0.2, 0.25) is 0 Å². The van der Waals surface area contributed by atoms with Gasteiger partial charge in [0.25, 0.3) is 0 Å². The quantitative estimate of drug-likeness (QED) is 0.787. The molecule has 4 nitrogen and oxygen atoms in total. The second-order valence-electron chi connectivity index (χ2n) is 5.44. The summed E-state index contributed by atoms with van der Waals surface area (Å²) < 4.78 is 45.4. The highest BCUT2D eigenvalue weighted by Gasteiger charge is 2.17. The molecule has 1 aromatic carbocycles. The van der Waals surface area contributed by atoms with E-state index in [1.165, 1.54) is 25.0 Å². The minimum absolute atomic E-state index is 0.126. The lowest BCUT2D eigenvalue weighted by atomic mass is 10.2. The van der Waals surface area contributed by atoms with Crippen LogP contribution in [-0.4, -0.2) is 27.7 Å². The highest BCUT2D eigenvalue weighted by atomic mass is 32.2. The van der Waals surface area contributed by atoms with Crippen molar-refractivity contribution in [1.29, 1.82) is 0 Å². The average Bonchev–Trinajstić information content (AvgIpc) is 2.91. The van der Waals surface area contributed by atoms with E-state index in [1.54, 1.807) is 6.92 Å². The van der Waals surface area contributed by atoms with E-state index >= 15 is 0 Å².